The molecule has 0 radical (unpaired) electrons. The van der Waals surface area contributed by atoms with E-state index in [0.29, 0.717) is 12.1 Å². The van der Waals surface area contributed by atoms with Gasteiger partial charge in [0.2, 0.25) is 0 Å². The monoisotopic (exact) mass is 571 g/mol. The second kappa shape index (κ2) is 11.2. The Balaban J connectivity index is 1.24. The average Bonchev–Trinajstić information content (AvgIpc) is 3.47. The van der Waals surface area contributed by atoms with Gasteiger partial charge in [0, 0.05) is 18.3 Å². The largest absolute Gasteiger partial charge is 0.497 e. The summed E-state index contributed by atoms with van der Waals surface area (Å²) < 4.78 is 24.5. The number of aliphatic hydroxyl groups excluding tert-OH is 1. The van der Waals surface area contributed by atoms with Gasteiger partial charge < -0.3 is 29.4 Å². The van der Waals surface area contributed by atoms with Gasteiger partial charge in [-0.2, -0.15) is 0 Å². The number of aromatic nitrogens is 2. The van der Waals surface area contributed by atoms with Crippen molar-refractivity contribution in [2.24, 2.45) is 0 Å². The molecular formula is C32H33N3O7. The molecule has 0 unspecified atom stereocenters. The SMILES string of the molecule is COc1ccc(-c2ccc(COC[C@@]34CN[C@@H]([C@H](n5cc(C)c(=O)[nH]c5=O)O3)[C@@H]4O)c(-c3ccc(OC)cc3)c2)cc1. The topological polar surface area (TPSA) is 124 Å². The minimum absolute atomic E-state index is 0.105. The summed E-state index contributed by atoms with van der Waals surface area (Å²) in [6, 6.07) is 21.5. The highest BCUT2D eigenvalue weighted by atomic mass is 16.6. The molecule has 2 bridgehead atoms. The molecule has 1 aromatic heterocycles. The maximum Gasteiger partial charge on any atom is 0.330 e. The quantitative estimate of drug-likeness (QED) is 0.280. The zero-order chi connectivity index (χ0) is 29.4. The highest BCUT2D eigenvalue weighted by Gasteiger charge is 2.60. The number of aryl methyl sites for hydroxylation is 1. The molecule has 4 atom stereocenters. The summed E-state index contributed by atoms with van der Waals surface area (Å²) >= 11 is 0. The molecule has 3 heterocycles. The van der Waals surface area contributed by atoms with Gasteiger partial charge in [-0.1, -0.05) is 36.4 Å². The first-order valence-corrected chi connectivity index (χ1v) is 13.7. The Kier molecular flexibility index (Phi) is 7.46. The molecule has 0 aliphatic carbocycles. The Morgan fingerprint density at radius 1 is 0.952 bits per heavy atom. The molecule has 0 amide bonds. The Labute approximate surface area is 242 Å². The number of morpholine rings is 1. The summed E-state index contributed by atoms with van der Waals surface area (Å²) in [5.41, 5.74) is 3.39. The van der Waals surface area contributed by atoms with E-state index >= 15 is 0 Å². The molecule has 2 fully saturated rings. The number of methoxy groups -OCH3 is 2. The lowest BCUT2D eigenvalue weighted by molar-refractivity contribution is -0.146. The van der Waals surface area contributed by atoms with Crippen molar-refractivity contribution < 1.29 is 24.1 Å². The van der Waals surface area contributed by atoms with Gasteiger partial charge in [0.05, 0.1) is 33.5 Å². The third-order valence-corrected chi connectivity index (χ3v) is 8.14. The van der Waals surface area contributed by atoms with Crippen LogP contribution in [0.15, 0.2) is 82.5 Å². The zero-order valence-corrected chi connectivity index (χ0v) is 23.6. The summed E-state index contributed by atoms with van der Waals surface area (Å²) in [5, 5.41) is 14.4. The van der Waals surface area contributed by atoms with Crippen molar-refractivity contribution in [3.63, 3.8) is 0 Å². The highest BCUT2D eigenvalue weighted by Crippen LogP contribution is 2.41. The maximum absolute atomic E-state index is 12.5. The fourth-order valence-corrected chi connectivity index (χ4v) is 5.73. The van der Waals surface area contributed by atoms with Gasteiger partial charge in [0.15, 0.2) is 6.23 Å². The number of aliphatic hydroxyl groups is 1. The minimum atomic E-state index is -1.04. The molecule has 10 nitrogen and oxygen atoms in total. The number of nitrogens with zero attached hydrogens (tertiary/aromatic N) is 1. The second-order valence-corrected chi connectivity index (χ2v) is 10.7. The Bertz CT molecular complexity index is 1700. The van der Waals surface area contributed by atoms with Crippen molar-refractivity contribution in [2.75, 3.05) is 27.4 Å². The number of hydrogen-bond acceptors (Lipinski definition) is 8. The number of fused-ring (bicyclic) bond motifs is 2. The molecule has 218 valence electrons. The van der Waals surface area contributed by atoms with Crippen molar-refractivity contribution in [1.29, 1.82) is 0 Å². The van der Waals surface area contributed by atoms with E-state index in [-0.39, 0.29) is 13.2 Å². The summed E-state index contributed by atoms with van der Waals surface area (Å²) in [6.07, 6.45) is -0.222. The molecule has 0 saturated carbocycles. The van der Waals surface area contributed by atoms with Crippen LogP contribution in [-0.4, -0.2) is 59.8 Å². The predicted octanol–water partition coefficient (Wildman–Crippen LogP) is 3.01. The van der Waals surface area contributed by atoms with Gasteiger partial charge in [-0.25, -0.2) is 4.79 Å². The van der Waals surface area contributed by atoms with Gasteiger partial charge in [0.1, 0.15) is 23.2 Å². The third-order valence-electron chi connectivity index (χ3n) is 8.14. The maximum atomic E-state index is 12.5. The standard InChI is InChI=1S/C32H33N3O7/c1-19-15-35(31(38)34-29(19)37)30-27-28(36)32(42-30,17-33-27)18-41-16-23-5-4-22(20-6-10-24(39-2)11-7-20)14-26(23)21-8-12-25(40-3)13-9-21/h4-15,27-28,30,33,36H,16-18H2,1-3H3,(H,34,37,38)/t27-,28+,30-,32-/m1/s1. The van der Waals surface area contributed by atoms with E-state index in [1.54, 1.807) is 21.1 Å². The fourth-order valence-electron chi connectivity index (χ4n) is 5.73. The van der Waals surface area contributed by atoms with Crippen LogP contribution in [0.25, 0.3) is 22.3 Å². The Morgan fingerprint density at radius 3 is 2.26 bits per heavy atom. The number of ether oxygens (including phenoxy) is 4. The molecule has 3 aromatic carbocycles. The lowest BCUT2D eigenvalue weighted by atomic mass is 9.94. The van der Waals surface area contributed by atoms with Crippen LogP contribution in [-0.2, 0) is 16.1 Å². The summed E-state index contributed by atoms with van der Waals surface area (Å²) in [6.45, 7) is 2.36. The lowest BCUT2D eigenvalue weighted by Crippen LogP contribution is -2.48. The molecule has 2 aliphatic rings. The highest BCUT2D eigenvalue weighted by molar-refractivity contribution is 5.76. The van der Waals surface area contributed by atoms with Crippen LogP contribution in [0.2, 0.25) is 0 Å². The van der Waals surface area contributed by atoms with Crippen molar-refractivity contribution in [2.45, 2.75) is 37.5 Å². The third kappa shape index (κ3) is 5.03. The van der Waals surface area contributed by atoms with E-state index in [1.165, 1.54) is 10.8 Å². The van der Waals surface area contributed by atoms with Crippen molar-refractivity contribution >= 4 is 0 Å². The number of benzene rings is 3. The average molecular weight is 572 g/mol. The molecule has 6 rings (SSSR count). The van der Waals surface area contributed by atoms with Gasteiger partial charge in [-0.05, 0) is 65.1 Å². The van der Waals surface area contributed by atoms with Gasteiger partial charge >= 0.3 is 5.69 Å². The van der Waals surface area contributed by atoms with Crippen LogP contribution in [0.3, 0.4) is 0 Å². The molecule has 3 N–H and O–H groups in total. The van der Waals surface area contributed by atoms with Crippen LogP contribution in [0.1, 0.15) is 17.4 Å². The summed E-state index contributed by atoms with van der Waals surface area (Å²) in [4.78, 5) is 26.7. The molecule has 0 spiro atoms. The smallest absolute Gasteiger partial charge is 0.330 e. The fraction of sp³-hybridized carbons (Fsp3) is 0.312. The van der Waals surface area contributed by atoms with Crippen LogP contribution < -0.4 is 26.0 Å². The molecule has 10 heteroatoms. The van der Waals surface area contributed by atoms with E-state index < -0.39 is 35.2 Å². The van der Waals surface area contributed by atoms with E-state index in [0.717, 1.165) is 39.3 Å². The number of hydrogen-bond donors (Lipinski definition) is 3. The van der Waals surface area contributed by atoms with E-state index in [1.807, 2.05) is 54.6 Å². The van der Waals surface area contributed by atoms with E-state index in [9.17, 15) is 14.7 Å². The lowest BCUT2D eigenvalue weighted by Gasteiger charge is -2.31. The molecule has 4 aromatic rings. The Hall–Kier alpha value is -4.22. The van der Waals surface area contributed by atoms with Crippen LogP contribution in [0.4, 0.5) is 0 Å². The van der Waals surface area contributed by atoms with Crippen molar-refractivity contribution in [3.05, 3.63) is 105 Å². The summed E-state index contributed by atoms with van der Waals surface area (Å²) in [7, 11) is 3.28. The normalized spacial score (nSPS) is 22.8. The van der Waals surface area contributed by atoms with Crippen LogP contribution in [0.5, 0.6) is 11.5 Å². The number of nitrogens with one attached hydrogen (secondary N) is 2. The van der Waals surface area contributed by atoms with Crippen LogP contribution >= 0.6 is 0 Å². The molecule has 2 aliphatic heterocycles. The second-order valence-electron chi connectivity index (χ2n) is 10.7. The molecule has 42 heavy (non-hydrogen) atoms. The van der Waals surface area contributed by atoms with Gasteiger partial charge in [0.25, 0.3) is 5.56 Å². The first-order valence-electron chi connectivity index (χ1n) is 13.7. The van der Waals surface area contributed by atoms with E-state index in [4.69, 9.17) is 18.9 Å². The Morgan fingerprint density at radius 2 is 1.60 bits per heavy atom. The molecular weight excluding hydrogens is 538 g/mol. The van der Waals surface area contributed by atoms with Crippen molar-refractivity contribution in [1.82, 2.24) is 14.9 Å². The van der Waals surface area contributed by atoms with E-state index in [2.05, 4.69) is 22.4 Å². The molecule has 2 saturated heterocycles. The van der Waals surface area contributed by atoms with Gasteiger partial charge in [-0.15, -0.1) is 0 Å². The summed E-state index contributed by atoms with van der Waals surface area (Å²) in [5.74, 6) is 1.56. The first-order chi connectivity index (χ1) is 20.3. The number of rotatable bonds is 9. The number of H-pyrrole nitrogens is 1. The minimum Gasteiger partial charge on any atom is -0.497 e. The van der Waals surface area contributed by atoms with Gasteiger partial charge in [-0.3, -0.25) is 14.3 Å². The van der Waals surface area contributed by atoms with Crippen molar-refractivity contribution in [3.8, 4) is 33.8 Å². The predicted molar refractivity (Wildman–Crippen MR) is 157 cm³/mol. The first kappa shape index (κ1) is 27.9. The number of aromatic amines is 1. The van der Waals surface area contributed by atoms with Crippen LogP contribution in [0, 0.1) is 6.92 Å². The zero-order valence-electron chi connectivity index (χ0n) is 23.6.